The van der Waals surface area contributed by atoms with Crippen LogP contribution < -0.4 is 9.62 Å². The van der Waals surface area contributed by atoms with E-state index in [1.54, 1.807) is 24.0 Å². The van der Waals surface area contributed by atoms with Crippen LogP contribution in [0.5, 0.6) is 0 Å². The first kappa shape index (κ1) is 19.5. The van der Waals surface area contributed by atoms with Crippen molar-refractivity contribution in [3.63, 3.8) is 0 Å². The van der Waals surface area contributed by atoms with Gasteiger partial charge in [-0.3, -0.25) is 4.79 Å². The molecule has 1 aliphatic heterocycles. The first-order valence-corrected chi connectivity index (χ1v) is 10.4. The Balaban J connectivity index is 1.88. The van der Waals surface area contributed by atoms with E-state index in [1.165, 1.54) is 13.0 Å². The second kappa shape index (κ2) is 7.40. The minimum atomic E-state index is -3.78. The number of sulfonamides is 1. The van der Waals surface area contributed by atoms with Gasteiger partial charge in [-0.15, -0.1) is 10.2 Å². The molecule has 1 unspecified atom stereocenters. The van der Waals surface area contributed by atoms with Gasteiger partial charge in [-0.1, -0.05) is 13.8 Å². The van der Waals surface area contributed by atoms with E-state index in [1.807, 2.05) is 13.8 Å². The van der Waals surface area contributed by atoms with Crippen molar-refractivity contribution >= 4 is 21.6 Å². The molecule has 146 valence electrons. The number of aryl methyl sites for hydroxylation is 1. The molecule has 1 aromatic carbocycles. The Morgan fingerprint density at radius 2 is 2.07 bits per heavy atom. The van der Waals surface area contributed by atoms with Gasteiger partial charge in [0.2, 0.25) is 27.7 Å². The number of nitrogens with zero attached hydrogens (tertiary/aromatic N) is 3. The lowest BCUT2D eigenvalue weighted by Gasteiger charge is -2.18. The molecule has 1 N–H and O–H groups in total. The molecule has 0 fully saturated rings. The van der Waals surface area contributed by atoms with Crippen molar-refractivity contribution < 1.29 is 17.6 Å². The fraction of sp³-hybridized carbons (Fsp3) is 0.500. The van der Waals surface area contributed by atoms with Crippen LogP contribution in [-0.4, -0.2) is 31.1 Å². The van der Waals surface area contributed by atoms with E-state index in [-0.39, 0.29) is 22.6 Å². The Morgan fingerprint density at radius 3 is 2.67 bits per heavy atom. The SMILES string of the molecule is CC(=O)N1CCc2cc(S(=O)(=O)NC(CC(C)C)c3nnc(C)o3)ccc21. The summed E-state index contributed by atoms with van der Waals surface area (Å²) in [5.41, 5.74) is 1.62. The number of anilines is 1. The average molecular weight is 392 g/mol. The van der Waals surface area contributed by atoms with Crippen LogP contribution in [0.25, 0.3) is 0 Å². The lowest BCUT2D eigenvalue weighted by molar-refractivity contribution is -0.116. The van der Waals surface area contributed by atoms with E-state index in [0.29, 0.717) is 25.3 Å². The third-order valence-corrected chi connectivity index (χ3v) is 5.95. The summed E-state index contributed by atoms with van der Waals surface area (Å²) >= 11 is 0. The summed E-state index contributed by atoms with van der Waals surface area (Å²) in [6, 6.07) is 4.24. The molecule has 3 rings (SSSR count). The molecule has 0 spiro atoms. The normalized spacial score (nSPS) is 15.2. The Kier molecular flexibility index (Phi) is 5.34. The van der Waals surface area contributed by atoms with Crippen molar-refractivity contribution in [3.05, 3.63) is 35.5 Å². The van der Waals surface area contributed by atoms with Crippen LogP contribution in [-0.2, 0) is 21.2 Å². The zero-order chi connectivity index (χ0) is 19.8. The van der Waals surface area contributed by atoms with Gasteiger partial charge in [0.25, 0.3) is 0 Å². The van der Waals surface area contributed by atoms with Crippen molar-refractivity contribution in [2.45, 2.75) is 51.5 Å². The fourth-order valence-electron chi connectivity index (χ4n) is 3.25. The third kappa shape index (κ3) is 4.19. The minimum Gasteiger partial charge on any atom is -0.424 e. The highest BCUT2D eigenvalue weighted by atomic mass is 32.2. The summed E-state index contributed by atoms with van der Waals surface area (Å²) in [5.74, 6) is 0.828. The number of nitrogens with one attached hydrogen (secondary N) is 1. The number of carbonyl (C=O) groups excluding carboxylic acids is 1. The Hall–Kier alpha value is -2.26. The van der Waals surface area contributed by atoms with E-state index in [9.17, 15) is 13.2 Å². The molecule has 1 aliphatic rings. The van der Waals surface area contributed by atoms with Crippen molar-refractivity contribution in [1.82, 2.24) is 14.9 Å². The summed E-state index contributed by atoms with van der Waals surface area (Å²) < 4.78 is 34.0. The predicted molar refractivity (Wildman–Crippen MR) is 99.7 cm³/mol. The summed E-state index contributed by atoms with van der Waals surface area (Å²) in [6.07, 6.45) is 1.17. The van der Waals surface area contributed by atoms with Crippen molar-refractivity contribution in [3.8, 4) is 0 Å². The molecule has 2 aromatic rings. The molecular formula is C18H24N4O4S. The standard InChI is InChI=1S/C18H24N4O4S/c1-11(2)9-16(18-20-19-12(3)26-18)21-27(24,25)15-5-6-17-14(10-15)7-8-22(17)13(4)23/h5-6,10-11,16,21H,7-9H2,1-4H3. The van der Waals surface area contributed by atoms with Gasteiger partial charge in [0.15, 0.2) is 0 Å². The number of carbonyl (C=O) groups is 1. The largest absolute Gasteiger partial charge is 0.424 e. The number of rotatable bonds is 6. The molecule has 1 atom stereocenters. The monoisotopic (exact) mass is 392 g/mol. The average Bonchev–Trinajstić information content (AvgIpc) is 3.19. The van der Waals surface area contributed by atoms with Crippen molar-refractivity contribution in [2.75, 3.05) is 11.4 Å². The Morgan fingerprint density at radius 1 is 1.33 bits per heavy atom. The number of fused-ring (bicyclic) bond motifs is 1. The molecule has 0 saturated heterocycles. The molecule has 0 aliphatic carbocycles. The molecule has 9 heteroatoms. The molecule has 0 bridgehead atoms. The smallest absolute Gasteiger partial charge is 0.241 e. The van der Waals surface area contributed by atoms with Crippen LogP contribution in [0.4, 0.5) is 5.69 Å². The van der Waals surface area contributed by atoms with E-state index in [0.717, 1.165) is 11.3 Å². The first-order chi connectivity index (χ1) is 12.7. The number of amides is 1. The van der Waals surface area contributed by atoms with E-state index < -0.39 is 16.1 Å². The zero-order valence-electron chi connectivity index (χ0n) is 15.9. The first-order valence-electron chi connectivity index (χ1n) is 8.90. The highest BCUT2D eigenvalue weighted by Crippen LogP contribution is 2.31. The van der Waals surface area contributed by atoms with Crippen molar-refractivity contribution in [2.24, 2.45) is 5.92 Å². The van der Waals surface area contributed by atoms with Crippen LogP contribution in [0.3, 0.4) is 0 Å². The second-order valence-electron chi connectivity index (χ2n) is 7.17. The molecule has 0 radical (unpaired) electrons. The molecule has 8 nitrogen and oxygen atoms in total. The fourth-order valence-corrected chi connectivity index (χ4v) is 4.50. The molecular weight excluding hydrogens is 368 g/mol. The van der Waals surface area contributed by atoms with Gasteiger partial charge in [0.1, 0.15) is 6.04 Å². The summed E-state index contributed by atoms with van der Waals surface area (Å²) in [7, 11) is -3.78. The number of hydrogen-bond acceptors (Lipinski definition) is 6. The van der Waals surface area contributed by atoms with Gasteiger partial charge < -0.3 is 9.32 Å². The number of aromatic nitrogens is 2. The number of benzene rings is 1. The molecule has 1 amide bonds. The lowest BCUT2D eigenvalue weighted by Crippen LogP contribution is -2.30. The van der Waals surface area contributed by atoms with Gasteiger partial charge >= 0.3 is 0 Å². The van der Waals surface area contributed by atoms with Gasteiger partial charge in [-0.2, -0.15) is 4.72 Å². The summed E-state index contributed by atoms with van der Waals surface area (Å²) in [5, 5.41) is 7.78. The van der Waals surface area contributed by atoms with Gasteiger partial charge in [-0.25, -0.2) is 8.42 Å². The molecule has 2 heterocycles. The van der Waals surface area contributed by atoms with Gasteiger partial charge in [0, 0.05) is 26.1 Å². The highest BCUT2D eigenvalue weighted by Gasteiger charge is 2.28. The Bertz CT molecular complexity index is 952. The quantitative estimate of drug-likeness (QED) is 0.809. The van der Waals surface area contributed by atoms with Crippen LogP contribution in [0, 0.1) is 12.8 Å². The maximum atomic E-state index is 12.9. The van der Waals surface area contributed by atoms with Crippen LogP contribution >= 0.6 is 0 Å². The summed E-state index contributed by atoms with van der Waals surface area (Å²) in [4.78, 5) is 13.5. The lowest BCUT2D eigenvalue weighted by atomic mass is 10.0. The summed E-state index contributed by atoms with van der Waals surface area (Å²) in [6.45, 7) is 7.73. The Labute approximate surface area is 159 Å². The molecule has 1 aromatic heterocycles. The van der Waals surface area contributed by atoms with Crippen molar-refractivity contribution in [1.29, 1.82) is 0 Å². The maximum Gasteiger partial charge on any atom is 0.241 e. The van der Waals surface area contributed by atoms with Gasteiger partial charge in [0.05, 0.1) is 4.90 Å². The molecule has 0 saturated carbocycles. The van der Waals surface area contributed by atoms with Crippen LogP contribution in [0.15, 0.2) is 27.5 Å². The topological polar surface area (TPSA) is 105 Å². The zero-order valence-corrected chi connectivity index (χ0v) is 16.7. The predicted octanol–water partition coefficient (Wildman–Crippen LogP) is 2.35. The molecule has 27 heavy (non-hydrogen) atoms. The van der Waals surface area contributed by atoms with E-state index in [4.69, 9.17) is 4.42 Å². The van der Waals surface area contributed by atoms with E-state index in [2.05, 4.69) is 14.9 Å². The second-order valence-corrected chi connectivity index (χ2v) is 8.89. The maximum absolute atomic E-state index is 12.9. The van der Waals surface area contributed by atoms with Crippen LogP contribution in [0.2, 0.25) is 0 Å². The highest BCUT2D eigenvalue weighted by molar-refractivity contribution is 7.89. The third-order valence-electron chi connectivity index (χ3n) is 4.48. The van der Waals surface area contributed by atoms with Crippen LogP contribution in [0.1, 0.15) is 50.6 Å². The van der Waals surface area contributed by atoms with E-state index >= 15 is 0 Å². The number of hydrogen-bond donors (Lipinski definition) is 1. The van der Waals surface area contributed by atoms with Gasteiger partial charge in [-0.05, 0) is 42.5 Å². The minimum absolute atomic E-state index is 0.0498.